The third-order valence-corrected chi connectivity index (χ3v) is 4.09. The third-order valence-electron chi connectivity index (χ3n) is 4.09. The molecule has 1 N–H and O–H groups in total. The van der Waals surface area contributed by atoms with E-state index in [0.29, 0.717) is 17.0 Å². The minimum absolute atomic E-state index is 0.153. The quantitative estimate of drug-likeness (QED) is 0.738. The van der Waals surface area contributed by atoms with Gasteiger partial charge in [0.15, 0.2) is 0 Å². The number of hydrogen-bond acceptors (Lipinski definition) is 4. The fourth-order valence-corrected chi connectivity index (χ4v) is 2.81. The molecule has 0 saturated carbocycles. The number of methoxy groups -OCH3 is 1. The zero-order valence-electron chi connectivity index (χ0n) is 15.2. The van der Waals surface area contributed by atoms with Gasteiger partial charge in [0.05, 0.1) is 13.7 Å². The first kappa shape index (κ1) is 18.6. The number of benzene rings is 2. The number of ether oxygens (including phenoxy) is 1. The van der Waals surface area contributed by atoms with E-state index < -0.39 is 11.4 Å². The Morgan fingerprint density at radius 2 is 1.93 bits per heavy atom. The molecule has 0 saturated heterocycles. The van der Waals surface area contributed by atoms with Crippen molar-refractivity contribution in [3.8, 4) is 5.75 Å². The molecule has 0 spiro atoms. The van der Waals surface area contributed by atoms with Crippen molar-refractivity contribution in [2.45, 2.75) is 20.4 Å². The average molecular weight is 371 g/mol. The van der Waals surface area contributed by atoms with E-state index in [1.54, 1.807) is 32.2 Å². The lowest BCUT2D eigenvalue weighted by molar-refractivity contribution is 0.414. The fraction of sp³-hybridized carbons (Fsp3) is 0.200. The van der Waals surface area contributed by atoms with Gasteiger partial charge < -0.3 is 14.6 Å². The summed E-state index contributed by atoms with van der Waals surface area (Å²) in [6.45, 7) is 3.80. The topological polar surface area (TPSA) is 56.1 Å². The molecule has 3 rings (SSSR count). The summed E-state index contributed by atoms with van der Waals surface area (Å²) in [4.78, 5) is 15.5. The molecular formula is C20H19F2N3O2. The first-order valence-corrected chi connectivity index (χ1v) is 8.30. The minimum Gasteiger partial charge on any atom is -0.497 e. The smallest absolute Gasteiger partial charge is 0.310 e. The van der Waals surface area contributed by atoms with E-state index in [4.69, 9.17) is 4.74 Å². The van der Waals surface area contributed by atoms with Gasteiger partial charge in [-0.15, -0.1) is 0 Å². The molecule has 1 aromatic heterocycles. The summed E-state index contributed by atoms with van der Waals surface area (Å²) in [5.74, 6) is -0.491. The highest BCUT2D eigenvalue weighted by Gasteiger charge is 2.11. The van der Waals surface area contributed by atoms with Gasteiger partial charge in [0, 0.05) is 11.9 Å². The van der Waals surface area contributed by atoms with Crippen LogP contribution in [0.5, 0.6) is 5.75 Å². The van der Waals surface area contributed by atoms with Crippen molar-refractivity contribution in [2.24, 2.45) is 0 Å². The number of anilines is 2. The Hall–Kier alpha value is -3.22. The first-order chi connectivity index (χ1) is 12.9. The standard InChI is InChI=1S/C20H19F2N3O2/c1-12-6-14(9-15(21)7-12)10-25-11-17(22)19(26)24-20(25)23-18-5-4-16(27-3)8-13(18)2/h4-9,11H,10H2,1-3H3,(H,23,24,26). The van der Waals surface area contributed by atoms with Crippen molar-refractivity contribution >= 4 is 11.6 Å². The number of nitrogens with one attached hydrogen (secondary N) is 1. The maximum atomic E-state index is 13.8. The Bertz CT molecular complexity index is 1030. The molecule has 0 fully saturated rings. The largest absolute Gasteiger partial charge is 0.497 e. The van der Waals surface area contributed by atoms with Gasteiger partial charge in [0.1, 0.15) is 11.6 Å². The lowest BCUT2D eigenvalue weighted by Gasteiger charge is -2.16. The van der Waals surface area contributed by atoms with Crippen molar-refractivity contribution in [1.29, 1.82) is 0 Å². The van der Waals surface area contributed by atoms with Gasteiger partial charge in [-0.05, 0) is 60.9 Å². The van der Waals surface area contributed by atoms with Crippen LogP contribution in [-0.2, 0) is 6.54 Å². The second kappa shape index (κ2) is 7.57. The lowest BCUT2D eigenvalue weighted by Crippen LogP contribution is -2.20. The Balaban J connectivity index is 1.99. The molecule has 3 aromatic rings. The van der Waals surface area contributed by atoms with E-state index in [2.05, 4.69) is 10.3 Å². The van der Waals surface area contributed by atoms with E-state index in [-0.39, 0.29) is 18.3 Å². The second-order valence-electron chi connectivity index (χ2n) is 6.29. The Morgan fingerprint density at radius 3 is 2.59 bits per heavy atom. The SMILES string of the molecule is COc1ccc(Nc2nc(=O)c(F)cn2Cc2cc(C)cc(F)c2)c(C)c1. The predicted molar refractivity (Wildman–Crippen MR) is 99.7 cm³/mol. The van der Waals surface area contributed by atoms with Crippen LogP contribution < -0.4 is 15.6 Å². The molecule has 0 radical (unpaired) electrons. The van der Waals surface area contributed by atoms with Crippen molar-refractivity contribution in [2.75, 3.05) is 12.4 Å². The second-order valence-corrected chi connectivity index (χ2v) is 6.29. The van der Waals surface area contributed by atoms with Crippen molar-refractivity contribution in [1.82, 2.24) is 9.55 Å². The zero-order valence-corrected chi connectivity index (χ0v) is 15.2. The van der Waals surface area contributed by atoms with Crippen LogP contribution in [-0.4, -0.2) is 16.7 Å². The number of rotatable bonds is 5. The molecule has 2 aromatic carbocycles. The highest BCUT2D eigenvalue weighted by molar-refractivity contribution is 5.60. The maximum Gasteiger partial charge on any atom is 0.310 e. The van der Waals surface area contributed by atoms with Crippen molar-refractivity contribution in [3.63, 3.8) is 0 Å². The fourth-order valence-electron chi connectivity index (χ4n) is 2.81. The highest BCUT2D eigenvalue weighted by atomic mass is 19.1. The Kier molecular flexibility index (Phi) is 5.21. The Morgan fingerprint density at radius 1 is 1.15 bits per heavy atom. The van der Waals surface area contributed by atoms with Crippen molar-refractivity contribution in [3.05, 3.63) is 81.3 Å². The van der Waals surface area contributed by atoms with Gasteiger partial charge in [-0.2, -0.15) is 9.37 Å². The first-order valence-electron chi connectivity index (χ1n) is 8.30. The van der Waals surface area contributed by atoms with Crippen LogP contribution in [0.2, 0.25) is 0 Å². The third kappa shape index (κ3) is 4.31. The van der Waals surface area contributed by atoms with Crippen LogP contribution in [0.3, 0.4) is 0 Å². The zero-order chi connectivity index (χ0) is 19.6. The van der Waals surface area contributed by atoms with E-state index in [1.165, 1.54) is 16.7 Å². The van der Waals surface area contributed by atoms with Gasteiger partial charge in [-0.1, -0.05) is 6.07 Å². The summed E-state index contributed by atoms with van der Waals surface area (Å²) >= 11 is 0. The molecule has 0 atom stereocenters. The normalized spacial score (nSPS) is 10.7. The van der Waals surface area contributed by atoms with Gasteiger partial charge >= 0.3 is 5.56 Å². The molecule has 0 amide bonds. The van der Waals surface area contributed by atoms with Gasteiger partial charge in [0.2, 0.25) is 11.8 Å². The summed E-state index contributed by atoms with van der Waals surface area (Å²) < 4.78 is 34.1. The van der Waals surface area contributed by atoms with E-state index >= 15 is 0 Å². The van der Waals surface area contributed by atoms with Crippen LogP contribution in [0.4, 0.5) is 20.4 Å². The molecule has 0 unspecified atom stereocenters. The number of nitrogens with zero attached hydrogens (tertiary/aromatic N) is 2. The number of aromatic nitrogens is 2. The van der Waals surface area contributed by atoms with E-state index in [0.717, 1.165) is 17.3 Å². The van der Waals surface area contributed by atoms with Crippen LogP contribution in [0.15, 0.2) is 47.4 Å². The summed E-state index contributed by atoms with van der Waals surface area (Å²) in [7, 11) is 1.57. The molecule has 0 aliphatic rings. The molecule has 0 aliphatic heterocycles. The van der Waals surface area contributed by atoms with Gasteiger partial charge in [0.25, 0.3) is 0 Å². The van der Waals surface area contributed by atoms with E-state index in [9.17, 15) is 13.6 Å². The van der Waals surface area contributed by atoms with Crippen LogP contribution in [0, 0.1) is 25.5 Å². The Labute approximate surface area is 155 Å². The summed E-state index contributed by atoms with van der Waals surface area (Å²) in [5, 5.41) is 3.05. The summed E-state index contributed by atoms with van der Waals surface area (Å²) in [6, 6.07) is 9.93. The van der Waals surface area contributed by atoms with E-state index in [1.807, 2.05) is 13.0 Å². The summed E-state index contributed by atoms with van der Waals surface area (Å²) in [5.41, 5.74) is 1.97. The molecule has 27 heavy (non-hydrogen) atoms. The number of aryl methyl sites for hydroxylation is 2. The molecule has 7 heteroatoms. The summed E-state index contributed by atoms with van der Waals surface area (Å²) in [6.07, 6.45) is 1.07. The monoisotopic (exact) mass is 371 g/mol. The molecule has 0 bridgehead atoms. The number of hydrogen-bond donors (Lipinski definition) is 1. The average Bonchev–Trinajstić information content (AvgIpc) is 2.60. The molecule has 5 nitrogen and oxygen atoms in total. The minimum atomic E-state index is -0.972. The molecular weight excluding hydrogens is 352 g/mol. The highest BCUT2D eigenvalue weighted by Crippen LogP contribution is 2.24. The number of halogens is 2. The maximum absolute atomic E-state index is 13.8. The van der Waals surface area contributed by atoms with Crippen LogP contribution >= 0.6 is 0 Å². The van der Waals surface area contributed by atoms with Crippen LogP contribution in [0.1, 0.15) is 16.7 Å². The molecule has 140 valence electrons. The predicted octanol–water partition coefficient (Wildman–Crippen LogP) is 3.94. The molecule has 1 heterocycles. The van der Waals surface area contributed by atoms with Crippen LogP contribution in [0.25, 0.3) is 0 Å². The van der Waals surface area contributed by atoms with Crippen molar-refractivity contribution < 1.29 is 13.5 Å². The lowest BCUT2D eigenvalue weighted by atomic mass is 10.1. The molecule has 0 aliphatic carbocycles. The van der Waals surface area contributed by atoms with Gasteiger partial charge in [-0.3, -0.25) is 4.79 Å². The van der Waals surface area contributed by atoms with Gasteiger partial charge in [-0.25, -0.2) is 4.39 Å².